The number of halogens is 1. The average molecular weight is 456 g/mol. The summed E-state index contributed by atoms with van der Waals surface area (Å²) in [6.45, 7) is 3.80. The first-order valence-corrected chi connectivity index (χ1v) is 9.83. The van der Waals surface area contributed by atoms with Crippen LogP contribution in [0.3, 0.4) is 0 Å². The van der Waals surface area contributed by atoms with Crippen molar-refractivity contribution in [2.75, 3.05) is 31.6 Å². The summed E-state index contributed by atoms with van der Waals surface area (Å²) in [5.74, 6) is 0.450. The maximum atomic E-state index is 12.0. The van der Waals surface area contributed by atoms with E-state index in [0.717, 1.165) is 29.5 Å². The third-order valence-electron chi connectivity index (χ3n) is 5.18. The Hall–Kier alpha value is -2.69. The molecule has 1 unspecified atom stereocenters. The SMILES string of the molecule is CC(CO)N(CCCc1ccc([N+](=O)[O-])cc1)CCNc1cc(=O)n(C)c(=O)n1C.Cl. The van der Waals surface area contributed by atoms with Crippen LogP contribution in [0, 0.1) is 10.1 Å². The number of nitro groups is 1. The Morgan fingerprint density at radius 3 is 2.39 bits per heavy atom. The fraction of sp³-hybridized carbons (Fsp3) is 0.500. The molecule has 2 N–H and O–H groups in total. The van der Waals surface area contributed by atoms with Crippen molar-refractivity contribution in [1.29, 1.82) is 0 Å². The summed E-state index contributed by atoms with van der Waals surface area (Å²) in [5.41, 5.74) is 0.328. The van der Waals surface area contributed by atoms with E-state index in [9.17, 15) is 24.8 Å². The Morgan fingerprint density at radius 2 is 1.81 bits per heavy atom. The van der Waals surface area contributed by atoms with Gasteiger partial charge in [0, 0.05) is 51.4 Å². The molecule has 0 aliphatic rings. The van der Waals surface area contributed by atoms with Crippen LogP contribution in [0.25, 0.3) is 0 Å². The Kier molecular flexibility index (Phi) is 10.4. The highest BCUT2D eigenvalue weighted by atomic mass is 35.5. The van der Waals surface area contributed by atoms with Gasteiger partial charge >= 0.3 is 5.69 Å². The van der Waals surface area contributed by atoms with Gasteiger partial charge < -0.3 is 10.4 Å². The summed E-state index contributed by atoms with van der Waals surface area (Å²) in [7, 11) is 3.03. The standard InChI is InChI=1S/C20H29N5O5.ClH/c1-15(14-26)24(11-4-5-16-6-8-17(9-7-16)25(29)30)12-10-21-18-13-19(27)23(3)20(28)22(18)2;/h6-9,13,15,21,26H,4-5,10-12,14H2,1-3H3;1H. The summed E-state index contributed by atoms with van der Waals surface area (Å²) >= 11 is 0. The second kappa shape index (κ2) is 12.2. The molecule has 31 heavy (non-hydrogen) atoms. The number of non-ortho nitro benzene ring substituents is 1. The predicted octanol–water partition coefficient (Wildman–Crippen LogP) is 1.14. The number of nitrogens with zero attached hydrogens (tertiary/aromatic N) is 4. The Bertz CT molecular complexity index is 973. The molecule has 0 radical (unpaired) electrons. The van der Waals surface area contributed by atoms with Gasteiger partial charge in [0.05, 0.1) is 11.5 Å². The first-order valence-electron chi connectivity index (χ1n) is 9.83. The summed E-state index contributed by atoms with van der Waals surface area (Å²) in [6, 6.07) is 7.86. The summed E-state index contributed by atoms with van der Waals surface area (Å²) in [6.07, 6.45) is 1.59. The molecule has 1 heterocycles. The number of aromatic nitrogens is 2. The summed E-state index contributed by atoms with van der Waals surface area (Å²) < 4.78 is 2.43. The van der Waals surface area contributed by atoms with E-state index in [2.05, 4.69) is 10.2 Å². The van der Waals surface area contributed by atoms with Gasteiger partial charge in [-0.1, -0.05) is 12.1 Å². The van der Waals surface area contributed by atoms with E-state index < -0.39 is 10.6 Å². The smallest absolute Gasteiger partial charge is 0.332 e. The van der Waals surface area contributed by atoms with Gasteiger partial charge in [0.15, 0.2) is 0 Å². The van der Waals surface area contributed by atoms with Gasteiger partial charge in [0.2, 0.25) is 0 Å². The normalized spacial score (nSPS) is 11.8. The Balaban J connectivity index is 0.00000480. The maximum Gasteiger partial charge on any atom is 0.332 e. The molecule has 2 rings (SSSR count). The lowest BCUT2D eigenvalue weighted by molar-refractivity contribution is -0.384. The van der Waals surface area contributed by atoms with E-state index in [0.29, 0.717) is 18.9 Å². The minimum Gasteiger partial charge on any atom is -0.395 e. The molecule has 0 saturated carbocycles. The molecule has 0 spiro atoms. The molecule has 0 amide bonds. The largest absolute Gasteiger partial charge is 0.395 e. The van der Waals surface area contributed by atoms with E-state index in [1.165, 1.54) is 29.8 Å². The molecule has 1 aromatic heterocycles. The van der Waals surface area contributed by atoms with E-state index in [4.69, 9.17) is 0 Å². The number of aliphatic hydroxyl groups excluding tert-OH is 1. The summed E-state index contributed by atoms with van der Waals surface area (Å²) in [4.78, 5) is 36.3. The Labute approximate surface area is 186 Å². The lowest BCUT2D eigenvalue weighted by atomic mass is 10.1. The highest BCUT2D eigenvalue weighted by Gasteiger charge is 2.13. The summed E-state index contributed by atoms with van der Waals surface area (Å²) in [5, 5.41) is 23.4. The molecule has 11 heteroatoms. The van der Waals surface area contributed by atoms with Crippen molar-refractivity contribution in [2.45, 2.75) is 25.8 Å². The van der Waals surface area contributed by atoms with Crippen molar-refractivity contribution >= 4 is 23.9 Å². The first kappa shape index (κ1) is 26.3. The van der Waals surface area contributed by atoms with Crippen LogP contribution in [-0.2, 0) is 20.5 Å². The van der Waals surface area contributed by atoms with Crippen molar-refractivity contribution in [3.05, 3.63) is 66.8 Å². The van der Waals surface area contributed by atoms with E-state index in [-0.39, 0.29) is 36.3 Å². The number of anilines is 1. The van der Waals surface area contributed by atoms with E-state index >= 15 is 0 Å². The first-order chi connectivity index (χ1) is 14.2. The fourth-order valence-corrected chi connectivity index (χ4v) is 3.17. The predicted molar refractivity (Wildman–Crippen MR) is 122 cm³/mol. The van der Waals surface area contributed by atoms with Gasteiger partial charge in [-0.2, -0.15) is 0 Å². The molecule has 1 atom stereocenters. The zero-order valence-electron chi connectivity index (χ0n) is 18.0. The molecule has 172 valence electrons. The molecule has 1 aromatic carbocycles. The van der Waals surface area contributed by atoms with Gasteiger partial charge in [-0.3, -0.25) is 28.9 Å². The second-order valence-electron chi connectivity index (χ2n) is 7.29. The number of hydrogen-bond donors (Lipinski definition) is 2. The second-order valence-corrected chi connectivity index (χ2v) is 7.29. The van der Waals surface area contributed by atoms with Gasteiger partial charge in [-0.15, -0.1) is 12.4 Å². The Morgan fingerprint density at radius 1 is 1.16 bits per heavy atom. The van der Waals surface area contributed by atoms with Crippen LogP contribution >= 0.6 is 12.4 Å². The molecular weight excluding hydrogens is 426 g/mol. The van der Waals surface area contributed by atoms with Crippen molar-refractivity contribution in [1.82, 2.24) is 14.0 Å². The van der Waals surface area contributed by atoms with Gasteiger partial charge in [0.1, 0.15) is 5.82 Å². The van der Waals surface area contributed by atoms with Crippen LogP contribution < -0.4 is 16.6 Å². The monoisotopic (exact) mass is 455 g/mol. The maximum absolute atomic E-state index is 12.0. The minimum atomic E-state index is -0.417. The zero-order valence-corrected chi connectivity index (χ0v) is 18.8. The van der Waals surface area contributed by atoms with Crippen LogP contribution in [0.15, 0.2) is 39.9 Å². The number of rotatable bonds is 11. The van der Waals surface area contributed by atoms with Crippen molar-refractivity contribution < 1.29 is 10.0 Å². The van der Waals surface area contributed by atoms with Crippen LogP contribution in [0.2, 0.25) is 0 Å². The zero-order chi connectivity index (χ0) is 22.3. The number of nitro benzene ring substituents is 1. The fourth-order valence-electron chi connectivity index (χ4n) is 3.17. The molecule has 0 fully saturated rings. The molecule has 0 saturated heterocycles. The minimum absolute atomic E-state index is 0. The van der Waals surface area contributed by atoms with Crippen molar-refractivity contribution in [3.8, 4) is 0 Å². The van der Waals surface area contributed by atoms with Gasteiger partial charge in [-0.25, -0.2) is 4.79 Å². The number of benzene rings is 1. The quantitative estimate of drug-likeness (QED) is 0.384. The third-order valence-corrected chi connectivity index (χ3v) is 5.18. The van der Waals surface area contributed by atoms with Gasteiger partial charge in [-0.05, 0) is 31.9 Å². The average Bonchev–Trinajstić information content (AvgIpc) is 2.74. The van der Waals surface area contributed by atoms with Crippen molar-refractivity contribution in [2.24, 2.45) is 14.1 Å². The van der Waals surface area contributed by atoms with Crippen LogP contribution in [-0.4, -0.2) is 56.3 Å². The van der Waals surface area contributed by atoms with E-state index in [1.807, 2.05) is 6.92 Å². The number of hydrogen-bond acceptors (Lipinski definition) is 7. The number of aryl methyl sites for hydroxylation is 1. The van der Waals surface area contributed by atoms with Crippen LogP contribution in [0.4, 0.5) is 11.5 Å². The van der Waals surface area contributed by atoms with Gasteiger partial charge in [0.25, 0.3) is 11.2 Å². The highest BCUT2D eigenvalue weighted by molar-refractivity contribution is 5.85. The molecule has 0 aliphatic carbocycles. The molecule has 2 aromatic rings. The lowest BCUT2D eigenvalue weighted by Gasteiger charge is -2.28. The number of nitrogens with one attached hydrogen (secondary N) is 1. The molecule has 0 aliphatic heterocycles. The van der Waals surface area contributed by atoms with Crippen LogP contribution in [0.5, 0.6) is 0 Å². The molecular formula is C20H30ClN5O5. The van der Waals surface area contributed by atoms with Crippen LogP contribution in [0.1, 0.15) is 18.9 Å². The lowest BCUT2D eigenvalue weighted by Crippen LogP contribution is -2.41. The number of aliphatic hydroxyl groups is 1. The van der Waals surface area contributed by atoms with Crippen molar-refractivity contribution in [3.63, 3.8) is 0 Å². The third kappa shape index (κ3) is 7.20. The topological polar surface area (TPSA) is 123 Å². The highest BCUT2D eigenvalue weighted by Crippen LogP contribution is 2.13. The van der Waals surface area contributed by atoms with E-state index in [1.54, 1.807) is 19.2 Å². The molecule has 0 bridgehead atoms. The molecule has 10 nitrogen and oxygen atoms in total.